The van der Waals surface area contributed by atoms with Crippen molar-refractivity contribution in [3.05, 3.63) is 44.7 Å². The smallest absolute Gasteiger partial charge is 0.306 e. The Morgan fingerprint density at radius 2 is 1.87 bits per heavy atom. The van der Waals surface area contributed by atoms with E-state index in [0.717, 1.165) is 4.90 Å². The van der Waals surface area contributed by atoms with Crippen LogP contribution in [0.3, 0.4) is 0 Å². The first-order chi connectivity index (χ1) is 11.0. The van der Waals surface area contributed by atoms with Crippen molar-refractivity contribution in [3.8, 4) is 16.9 Å². The van der Waals surface area contributed by atoms with Gasteiger partial charge in [-0.2, -0.15) is 0 Å². The molecule has 2 aromatic rings. The summed E-state index contributed by atoms with van der Waals surface area (Å²) in [7, 11) is 1.35. The van der Waals surface area contributed by atoms with E-state index in [1.165, 1.54) is 18.9 Å². The van der Waals surface area contributed by atoms with Crippen LogP contribution in [-0.2, 0) is 9.53 Å². The van der Waals surface area contributed by atoms with Gasteiger partial charge in [-0.3, -0.25) is 14.4 Å². The molecule has 0 aliphatic rings. The van der Waals surface area contributed by atoms with Gasteiger partial charge in [-0.1, -0.05) is 18.2 Å². The lowest BCUT2D eigenvalue weighted by atomic mass is 10.00. The molecule has 0 amide bonds. The van der Waals surface area contributed by atoms with Crippen LogP contribution in [0.25, 0.3) is 11.1 Å². The number of ether oxygens (including phenoxy) is 2. The van der Waals surface area contributed by atoms with Crippen LogP contribution in [0, 0.1) is 0 Å². The molecule has 0 saturated carbocycles. The molecule has 2 aromatic carbocycles. The van der Waals surface area contributed by atoms with Crippen molar-refractivity contribution < 1.29 is 14.3 Å². The molecule has 2 rings (SSSR count). The number of carbonyl (C=O) groups excluding carboxylic acids is 1. The van der Waals surface area contributed by atoms with Crippen LogP contribution in [-0.4, -0.2) is 24.9 Å². The maximum atomic E-state index is 12.0. The Morgan fingerprint density at radius 3 is 2.52 bits per heavy atom. The van der Waals surface area contributed by atoms with E-state index in [1.807, 2.05) is 12.1 Å². The third-order valence-corrected chi connectivity index (χ3v) is 4.24. The van der Waals surface area contributed by atoms with E-state index in [9.17, 15) is 14.4 Å². The van der Waals surface area contributed by atoms with Crippen molar-refractivity contribution in [2.24, 2.45) is 0 Å². The fraction of sp³-hybridized carbons (Fsp3) is 0.353. The summed E-state index contributed by atoms with van der Waals surface area (Å²) in [6.07, 6.45) is 0.0905. The van der Waals surface area contributed by atoms with Crippen LogP contribution in [0.4, 0.5) is 0 Å². The standard InChI is InChI=1S/C17H18O5S/c1-10(2)22-17-14(15(19)16(17)20)11-6-4-5-7-12(11)23-9-8-13(18)21-3/h4-7,10H,8-9H2,1-3H3. The van der Waals surface area contributed by atoms with Gasteiger partial charge in [0.15, 0.2) is 5.75 Å². The highest BCUT2D eigenvalue weighted by Crippen LogP contribution is 2.34. The van der Waals surface area contributed by atoms with Gasteiger partial charge in [0.25, 0.3) is 5.43 Å². The van der Waals surface area contributed by atoms with Crippen molar-refractivity contribution >= 4 is 17.7 Å². The van der Waals surface area contributed by atoms with E-state index in [0.29, 0.717) is 16.9 Å². The Labute approximate surface area is 138 Å². The first kappa shape index (κ1) is 17.3. The Balaban J connectivity index is 2.28. The van der Waals surface area contributed by atoms with Gasteiger partial charge in [0.05, 0.1) is 25.2 Å². The molecule has 6 heteroatoms. The zero-order valence-corrected chi connectivity index (χ0v) is 14.1. The number of hydrogen-bond donors (Lipinski definition) is 0. The summed E-state index contributed by atoms with van der Waals surface area (Å²) in [5.74, 6) is 0.374. The van der Waals surface area contributed by atoms with E-state index < -0.39 is 10.9 Å². The van der Waals surface area contributed by atoms with Crippen molar-refractivity contribution in [1.29, 1.82) is 0 Å². The van der Waals surface area contributed by atoms with Crippen molar-refractivity contribution in [2.45, 2.75) is 31.3 Å². The Morgan fingerprint density at radius 1 is 1.17 bits per heavy atom. The summed E-state index contributed by atoms with van der Waals surface area (Å²) < 4.78 is 10.1. The number of methoxy groups -OCH3 is 1. The molecular formula is C17H18O5S. The molecule has 0 N–H and O–H groups in total. The van der Waals surface area contributed by atoms with Crippen molar-refractivity contribution in [2.75, 3.05) is 12.9 Å². The topological polar surface area (TPSA) is 69.7 Å². The highest BCUT2D eigenvalue weighted by molar-refractivity contribution is 7.99. The van der Waals surface area contributed by atoms with Gasteiger partial charge in [0, 0.05) is 16.2 Å². The molecule has 0 bridgehead atoms. The molecule has 0 aromatic heterocycles. The third kappa shape index (κ3) is 3.82. The van der Waals surface area contributed by atoms with Crippen molar-refractivity contribution in [3.63, 3.8) is 0 Å². The van der Waals surface area contributed by atoms with Gasteiger partial charge < -0.3 is 9.47 Å². The van der Waals surface area contributed by atoms with Gasteiger partial charge >= 0.3 is 5.97 Å². The van der Waals surface area contributed by atoms with Gasteiger partial charge in [0.1, 0.15) is 0 Å². The second-order valence-electron chi connectivity index (χ2n) is 5.20. The molecule has 0 saturated heterocycles. The monoisotopic (exact) mass is 334 g/mol. The van der Waals surface area contributed by atoms with E-state index in [4.69, 9.17) is 4.74 Å². The summed E-state index contributed by atoms with van der Waals surface area (Å²) in [5, 5.41) is 0. The van der Waals surface area contributed by atoms with Crippen LogP contribution in [0.1, 0.15) is 20.3 Å². The molecule has 0 unspecified atom stereocenters. The Hall–Kier alpha value is -2.08. The van der Waals surface area contributed by atoms with E-state index in [1.54, 1.807) is 26.0 Å². The largest absolute Gasteiger partial charge is 0.486 e. The van der Waals surface area contributed by atoms with Gasteiger partial charge in [0.2, 0.25) is 5.43 Å². The molecule has 0 atom stereocenters. The second-order valence-corrected chi connectivity index (χ2v) is 6.34. The maximum Gasteiger partial charge on any atom is 0.306 e. The Kier molecular flexibility index (Phi) is 5.60. The van der Waals surface area contributed by atoms with Crippen LogP contribution < -0.4 is 15.6 Å². The van der Waals surface area contributed by atoms with Gasteiger partial charge in [-0.05, 0) is 19.9 Å². The number of carbonyl (C=O) groups is 1. The summed E-state index contributed by atoms with van der Waals surface area (Å²) in [6.45, 7) is 3.61. The van der Waals surface area contributed by atoms with Gasteiger partial charge in [-0.15, -0.1) is 11.8 Å². The quantitative estimate of drug-likeness (QED) is 0.440. The Bertz CT molecular complexity index is 771. The lowest BCUT2D eigenvalue weighted by molar-refractivity contribution is -0.140. The number of thioether (sulfide) groups is 1. The van der Waals surface area contributed by atoms with Gasteiger partial charge in [-0.25, -0.2) is 0 Å². The minimum Gasteiger partial charge on any atom is -0.486 e. The molecule has 122 valence electrons. The molecule has 23 heavy (non-hydrogen) atoms. The first-order valence-electron chi connectivity index (χ1n) is 7.24. The van der Waals surface area contributed by atoms with E-state index in [-0.39, 0.29) is 24.2 Å². The average molecular weight is 334 g/mol. The van der Waals surface area contributed by atoms with E-state index in [2.05, 4.69) is 4.74 Å². The highest BCUT2D eigenvalue weighted by Gasteiger charge is 2.26. The highest BCUT2D eigenvalue weighted by atomic mass is 32.2. The summed E-state index contributed by atoms with van der Waals surface area (Å²) in [4.78, 5) is 35.7. The second kappa shape index (κ2) is 7.46. The van der Waals surface area contributed by atoms with Crippen LogP contribution in [0.2, 0.25) is 0 Å². The molecule has 0 fully saturated rings. The molecule has 0 radical (unpaired) electrons. The molecule has 5 nitrogen and oxygen atoms in total. The zero-order chi connectivity index (χ0) is 17.0. The minimum absolute atomic E-state index is 0.131. The summed E-state index contributed by atoms with van der Waals surface area (Å²) in [6, 6.07) is 7.28. The normalized spacial score (nSPS) is 11.0. The predicted molar refractivity (Wildman–Crippen MR) is 89.9 cm³/mol. The van der Waals surface area contributed by atoms with Crippen LogP contribution in [0.15, 0.2) is 38.8 Å². The maximum absolute atomic E-state index is 12.0. The molecule has 0 aliphatic heterocycles. The van der Waals surface area contributed by atoms with Crippen molar-refractivity contribution in [1.82, 2.24) is 0 Å². The van der Waals surface area contributed by atoms with Crippen LogP contribution in [0.5, 0.6) is 5.75 Å². The van der Waals surface area contributed by atoms with Crippen LogP contribution >= 0.6 is 11.8 Å². The lowest BCUT2D eigenvalue weighted by Crippen LogP contribution is -2.35. The fourth-order valence-corrected chi connectivity index (χ4v) is 3.10. The average Bonchev–Trinajstić information content (AvgIpc) is 2.54. The SMILES string of the molecule is COC(=O)CCSc1ccccc1-c1c(OC(C)C)c(=O)c1=O. The lowest BCUT2D eigenvalue weighted by Gasteiger charge is -2.17. The molecule has 0 heterocycles. The summed E-state index contributed by atoms with van der Waals surface area (Å²) >= 11 is 1.44. The zero-order valence-electron chi connectivity index (χ0n) is 13.3. The summed E-state index contributed by atoms with van der Waals surface area (Å²) in [5.41, 5.74) is -0.114. The first-order valence-corrected chi connectivity index (χ1v) is 8.23. The fourth-order valence-electron chi connectivity index (χ4n) is 2.11. The number of hydrogen-bond acceptors (Lipinski definition) is 6. The third-order valence-electron chi connectivity index (χ3n) is 3.17. The number of benzene rings is 1. The minimum atomic E-state index is -0.580. The molecule has 0 aliphatic carbocycles. The molecular weight excluding hydrogens is 316 g/mol. The molecule has 0 spiro atoms. The predicted octanol–water partition coefficient (Wildman–Crippen LogP) is 2.39. The number of rotatable bonds is 7. The number of esters is 1. The van der Waals surface area contributed by atoms with E-state index >= 15 is 0 Å².